The molecule has 1 aliphatic heterocycles. The minimum atomic E-state index is -0.478. The number of halogens is 1. The summed E-state index contributed by atoms with van der Waals surface area (Å²) in [6.45, 7) is 6.93. The van der Waals surface area contributed by atoms with Crippen molar-refractivity contribution in [3.63, 3.8) is 0 Å². The largest absolute Gasteiger partial charge is 0.303 e. The SMILES string of the molecule is CC12CCC(C/C1=N\N=C1/NC(=O)C(CC(=O)c3ccc(Cl)cc3)S1)C2(C)C. The van der Waals surface area contributed by atoms with Crippen LogP contribution in [0.2, 0.25) is 5.02 Å². The summed E-state index contributed by atoms with van der Waals surface area (Å²) in [6, 6.07) is 6.72. The molecule has 1 heterocycles. The van der Waals surface area contributed by atoms with Gasteiger partial charge in [-0.15, -0.1) is 5.10 Å². The van der Waals surface area contributed by atoms with E-state index < -0.39 is 5.25 Å². The number of thioether (sulfide) groups is 1. The van der Waals surface area contributed by atoms with Gasteiger partial charge in [0.15, 0.2) is 11.0 Å². The van der Waals surface area contributed by atoms with Gasteiger partial charge in [0.25, 0.3) is 0 Å². The Labute approximate surface area is 174 Å². The fourth-order valence-corrected chi connectivity index (χ4v) is 5.74. The predicted molar refractivity (Wildman–Crippen MR) is 114 cm³/mol. The van der Waals surface area contributed by atoms with Gasteiger partial charge in [0.05, 0.1) is 5.25 Å². The van der Waals surface area contributed by atoms with Crippen molar-refractivity contribution < 1.29 is 9.59 Å². The molecule has 3 atom stereocenters. The molecule has 2 saturated carbocycles. The molecule has 1 saturated heterocycles. The Morgan fingerprint density at radius 2 is 1.96 bits per heavy atom. The highest BCUT2D eigenvalue weighted by Gasteiger charge is 2.60. The summed E-state index contributed by atoms with van der Waals surface area (Å²) in [5, 5.41) is 12.2. The first-order valence-electron chi connectivity index (χ1n) is 9.62. The second kappa shape index (κ2) is 6.99. The highest BCUT2D eigenvalue weighted by molar-refractivity contribution is 8.15. The maximum absolute atomic E-state index is 12.4. The first-order valence-corrected chi connectivity index (χ1v) is 10.9. The molecule has 1 N–H and O–H groups in total. The van der Waals surface area contributed by atoms with Crippen LogP contribution in [0.3, 0.4) is 0 Å². The molecule has 3 aliphatic rings. The van der Waals surface area contributed by atoms with E-state index in [-0.39, 0.29) is 28.9 Å². The zero-order valence-electron chi connectivity index (χ0n) is 16.3. The number of rotatable bonds is 4. The first kappa shape index (κ1) is 19.6. The number of benzene rings is 1. The number of hydrogen-bond acceptors (Lipinski definition) is 5. The van der Waals surface area contributed by atoms with Crippen molar-refractivity contribution in [3.05, 3.63) is 34.9 Å². The van der Waals surface area contributed by atoms with Gasteiger partial charge in [-0.05, 0) is 54.9 Å². The van der Waals surface area contributed by atoms with Gasteiger partial charge in [-0.25, -0.2) is 0 Å². The highest BCUT2D eigenvalue weighted by Crippen LogP contribution is 2.64. The fraction of sp³-hybridized carbons (Fsp3) is 0.524. The molecule has 1 aromatic rings. The van der Waals surface area contributed by atoms with Gasteiger partial charge in [-0.1, -0.05) is 44.1 Å². The molecule has 4 rings (SSSR count). The Morgan fingerprint density at radius 3 is 2.57 bits per heavy atom. The number of nitrogens with zero attached hydrogens (tertiary/aromatic N) is 2. The lowest BCUT2D eigenvalue weighted by molar-refractivity contribution is -0.118. The third-order valence-electron chi connectivity index (χ3n) is 7.09. The Morgan fingerprint density at radius 1 is 1.25 bits per heavy atom. The van der Waals surface area contributed by atoms with Crippen LogP contribution in [0.5, 0.6) is 0 Å². The van der Waals surface area contributed by atoms with Crippen LogP contribution in [0.15, 0.2) is 34.5 Å². The maximum atomic E-state index is 12.4. The lowest BCUT2D eigenvalue weighted by Crippen LogP contribution is -2.32. The summed E-state index contributed by atoms with van der Waals surface area (Å²) in [6.07, 6.45) is 3.50. The average Bonchev–Trinajstić information content (AvgIpc) is 3.17. The van der Waals surface area contributed by atoms with E-state index in [0.29, 0.717) is 21.7 Å². The van der Waals surface area contributed by atoms with Crippen molar-refractivity contribution in [1.29, 1.82) is 0 Å². The van der Waals surface area contributed by atoms with Gasteiger partial charge in [0, 0.05) is 28.1 Å². The lowest BCUT2D eigenvalue weighted by atomic mass is 9.70. The average molecular weight is 418 g/mol. The fourth-order valence-electron chi connectivity index (χ4n) is 4.69. The Hall–Kier alpha value is -1.66. The van der Waals surface area contributed by atoms with E-state index >= 15 is 0 Å². The van der Waals surface area contributed by atoms with Gasteiger partial charge in [0.2, 0.25) is 5.91 Å². The van der Waals surface area contributed by atoms with Crippen LogP contribution < -0.4 is 5.32 Å². The van der Waals surface area contributed by atoms with E-state index in [1.165, 1.54) is 18.2 Å². The smallest absolute Gasteiger partial charge is 0.240 e. The zero-order valence-corrected chi connectivity index (χ0v) is 17.9. The van der Waals surface area contributed by atoms with Gasteiger partial charge in [-0.2, -0.15) is 5.10 Å². The highest BCUT2D eigenvalue weighted by atomic mass is 35.5. The topological polar surface area (TPSA) is 70.9 Å². The number of nitrogens with one attached hydrogen (secondary N) is 1. The summed E-state index contributed by atoms with van der Waals surface area (Å²) in [5.74, 6) is 0.386. The molecule has 1 amide bonds. The number of Topliss-reactive ketones (excluding diaryl/α,β-unsaturated/α-hetero) is 1. The molecule has 28 heavy (non-hydrogen) atoms. The lowest BCUT2D eigenvalue weighted by Gasteiger charge is -2.34. The molecule has 7 heteroatoms. The minimum Gasteiger partial charge on any atom is -0.303 e. The predicted octanol–water partition coefficient (Wildman–Crippen LogP) is 4.70. The van der Waals surface area contributed by atoms with Crippen LogP contribution in [0, 0.1) is 16.7 Å². The molecule has 5 nitrogen and oxygen atoms in total. The van der Waals surface area contributed by atoms with Gasteiger partial charge in [-0.3, -0.25) is 9.59 Å². The van der Waals surface area contributed by atoms with E-state index in [2.05, 4.69) is 36.3 Å². The number of carbonyl (C=O) groups is 2. The van der Waals surface area contributed by atoms with Crippen LogP contribution in [-0.4, -0.2) is 27.8 Å². The summed E-state index contributed by atoms with van der Waals surface area (Å²) in [5.41, 5.74) is 2.02. The molecular formula is C21H24ClN3O2S. The molecular weight excluding hydrogens is 394 g/mol. The molecule has 0 radical (unpaired) electrons. The normalized spacial score (nSPS) is 33.6. The zero-order chi connectivity index (χ0) is 20.1. The quantitative estimate of drug-likeness (QED) is 0.570. The van der Waals surface area contributed by atoms with E-state index in [4.69, 9.17) is 11.6 Å². The monoisotopic (exact) mass is 417 g/mol. The van der Waals surface area contributed by atoms with E-state index in [0.717, 1.165) is 18.6 Å². The number of amidine groups is 1. The van der Waals surface area contributed by atoms with Crippen LogP contribution in [0.25, 0.3) is 0 Å². The summed E-state index contributed by atoms with van der Waals surface area (Å²) < 4.78 is 0. The van der Waals surface area contributed by atoms with E-state index in [1.807, 2.05) is 0 Å². The molecule has 2 aliphatic carbocycles. The Kier molecular flexibility index (Phi) is 4.91. The van der Waals surface area contributed by atoms with E-state index in [1.54, 1.807) is 24.3 Å². The van der Waals surface area contributed by atoms with Crippen molar-refractivity contribution in [1.82, 2.24) is 5.32 Å². The minimum absolute atomic E-state index is 0.0823. The van der Waals surface area contributed by atoms with Gasteiger partial charge in [0.1, 0.15) is 0 Å². The third kappa shape index (κ3) is 3.20. The first-order chi connectivity index (χ1) is 13.2. The summed E-state index contributed by atoms with van der Waals surface area (Å²) in [4.78, 5) is 24.7. The molecule has 0 spiro atoms. The molecule has 3 fully saturated rings. The molecule has 3 unspecified atom stereocenters. The van der Waals surface area contributed by atoms with Crippen LogP contribution in [-0.2, 0) is 4.79 Å². The third-order valence-corrected chi connectivity index (χ3v) is 8.41. The van der Waals surface area contributed by atoms with Crippen molar-refractivity contribution in [3.8, 4) is 0 Å². The molecule has 0 aromatic heterocycles. The van der Waals surface area contributed by atoms with Crippen molar-refractivity contribution in [2.24, 2.45) is 27.0 Å². The van der Waals surface area contributed by atoms with Gasteiger partial charge < -0.3 is 5.32 Å². The van der Waals surface area contributed by atoms with Crippen molar-refractivity contribution in [2.75, 3.05) is 0 Å². The van der Waals surface area contributed by atoms with Crippen LogP contribution in [0.1, 0.15) is 56.8 Å². The van der Waals surface area contributed by atoms with Crippen LogP contribution in [0.4, 0.5) is 0 Å². The number of fused-ring (bicyclic) bond motifs is 2. The Bertz CT molecular complexity index is 893. The standard InChI is InChI=1S/C21H24ClN3O2S/c1-20(2)13-8-9-21(20,3)17(10-13)24-25-19-23-18(27)16(28-19)11-15(26)12-4-6-14(22)7-5-12/h4-7,13,16H,8-11H2,1-3H3,(H,23,25,27)/b24-17+. The maximum Gasteiger partial charge on any atom is 0.240 e. The van der Waals surface area contributed by atoms with Crippen molar-refractivity contribution in [2.45, 2.75) is 51.7 Å². The second-order valence-corrected chi connectivity index (χ2v) is 10.3. The summed E-state index contributed by atoms with van der Waals surface area (Å²) in [7, 11) is 0. The van der Waals surface area contributed by atoms with Gasteiger partial charge >= 0.3 is 0 Å². The molecule has 1 aromatic carbocycles. The molecule has 2 bridgehead atoms. The number of ketones is 1. The second-order valence-electron chi connectivity index (χ2n) is 8.68. The number of carbonyl (C=O) groups excluding carboxylic acids is 2. The van der Waals surface area contributed by atoms with E-state index in [9.17, 15) is 9.59 Å². The van der Waals surface area contributed by atoms with Crippen molar-refractivity contribution >= 4 is 45.9 Å². The molecule has 148 valence electrons. The number of hydrogen-bond donors (Lipinski definition) is 1. The summed E-state index contributed by atoms with van der Waals surface area (Å²) >= 11 is 7.14. The van der Waals surface area contributed by atoms with Crippen LogP contribution >= 0.6 is 23.4 Å². The number of amides is 1. The Balaban J connectivity index is 1.44.